The Morgan fingerprint density at radius 1 is 1.59 bits per heavy atom. The van der Waals surface area contributed by atoms with Crippen LogP contribution in [-0.2, 0) is 0 Å². The fraction of sp³-hybridized carbons (Fsp3) is 0.636. The highest BCUT2D eigenvalue weighted by Crippen LogP contribution is 2.38. The summed E-state index contributed by atoms with van der Waals surface area (Å²) in [5.74, 6) is 0.171. The number of carbonyl (C=O) groups excluding carboxylic acids is 1. The maximum absolute atomic E-state index is 11.8. The van der Waals surface area contributed by atoms with Crippen LogP contribution < -0.4 is 16.0 Å². The average Bonchev–Trinajstić information content (AvgIpc) is 2.80. The van der Waals surface area contributed by atoms with Crippen LogP contribution in [0, 0.1) is 5.41 Å². The number of anilines is 2. The summed E-state index contributed by atoms with van der Waals surface area (Å²) in [5, 5.41) is 3.51. The molecule has 1 aliphatic heterocycles. The van der Waals surface area contributed by atoms with E-state index in [0.29, 0.717) is 16.8 Å². The molecule has 2 rings (SSSR count). The lowest BCUT2D eigenvalue weighted by molar-refractivity contribution is 0.0964. The standard InChI is InChI=1S/C11H18N4OS/c1-11(2)4-5-15(6-11)10-7(9(16)13-3)8(12)14-17-10/h4-6H2,1-3H3,(H2,12,14)(H,13,16). The van der Waals surface area contributed by atoms with E-state index < -0.39 is 0 Å². The predicted molar refractivity (Wildman–Crippen MR) is 70.5 cm³/mol. The van der Waals surface area contributed by atoms with Gasteiger partial charge in [0, 0.05) is 20.1 Å². The van der Waals surface area contributed by atoms with E-state index in [2.05, 4.69) is 28.4 Å². The molecule has 0 bridgehead atoms. The number of hydrogen-bond donors (Lipinski definition) is 2. The molecule has 5 nitrogen and oxygen atoms in total. The summed E-state index contributed by atoms with van der Waals surface area (Å²) < 4.78 is 4.09. The van der Waals surface area contributed by atoms with Crippen molar-refractivity contribution in [3.63, 3.8) is 0 Å². The van der Waals surface area contributed by atoms with Gasteiger partial charge in [0.1, 0.15) is 10.6 Å². The van der Waals surface area contributed by atoms with E-state index in [4.69, 9.17) is 5.73 Å². The van der Waals surface area contributed by atoms with E-state index in [1.54, 1.807) is 7.05 Å². The number of aromatic nitrogens is 1. The van der Waals surface area contributed by atoms with Crippen molar-refractivity contribution in [3.05, 3.63) is 5.56 Å². The molecule has 1 amide bonds. The Balaban J connectivity index is 2.31. The van der Waals surface area contributed by atoms with Gasteiger partial charge in [0.15, 0.2) is 5.82 Å². The molecule has 6 heteroatoms. The number of hydrogen-bond acceptors (Lipinski definition) is 5. The number of rotatable bonds is 2. The predicted octanol–water partition coefficient (Wildman–Crippen LogP) is 1.32. The Labute approximate surface area is 105 Å². The lowest BCUT2D eigenvalue weighted by Gasteiger charge is -2.20. The van der Waals surface area contributed by atoms with Gasteiger partial charge in [-0.3, -0.25) is 4.79 Å². The number of nitrogen functional groups attached to an aromatic ring is 1. The molecule has 17 heavy (non-hydrogen) atoms. The Morgan fingerprint density at radius 2 is 2.29 bits per heavy atom. The zero-order valence-corrected chi connectivity index (χ0v) is 11.2. The number of nitrogens with zero attached hydrogens (tertiary/aromatic N) is 2. The minimum absolute atomic E-state index is 0.157. The first kappa shape index (κ1) is 12.2. The molecule has 0 unspecified atom stereocenters. The van der Waals surface area contributed by atoms with E-state index in [0.717, 1.165) is 24.5 Å². The number of amides is 1. The largest absolute Gasteiger partial charge is 0.382 e. The second-order valence-corrected chi connectivity index (χ2v) is 5.91. The van der Waals surface area contributed by atoms with E-state index in [-0.39, 0.29) is 5.91 Å². The van der Waals surface area contributed by atoms with Crippen LogP contribution in [0.2, 0.25) is 0 Å². The van der Waals surface area contributed by atoms with Crippen molar-refractivity contribution in [2.24, 2.45) is 5.41 Å². The molecule has 0 aromatic carbocycles. The van der Waals surface area contributed by atoms with Crippen LogP contribution in [0.15, 0.2) is 0 Å². The molecule has 1 aromatic rings. The van der Waals surface area contributed by atoms with E-state index in [9.17, 15) is 4.79 Å². The first-order valence-corrected chi connectivity index (χ1v) is 6.44. The van der Waals surface area contributed by atoms with Crippen molar-refractivity contribution in [2.75, 3.05) is 30.8 Å². The molecule has 0 radical (unpaired) electrons. The maximum Gasteiger partial charge on any atom is 0.257 e. The van der Waals surface area contributed by atoms with Crippen LogP contribution in [0.5, 0.6) is 0 Å². The number of nitrogens with one attached hydrogen (secondary N) is 1. The Kier molecular flexibility index (Phi) is 2.99. The maximum atomic E-state index is 11.8. The highest BCUT2D eigenvalue weighted by molar-refractivity contribution is 7.11. The van der Waals surface area contributed by atoms with Gasteiger partial charge in [-0.15, -0.1) is 0 Å². The fourth-order valence-corrected chi connectivity index (χ4v) is 2.97. The Morgan fingerprint density at radius 3 is 2.82 bits per heavy atom. The third-order valence-electron chi connectivity index (χ3n) is 3.12. The molecular formula is C11H18N4OS. The SMILES string of the molecule is CNC(=O)c1c(N)nsc1N1CCC(C)(C)C1. The van der Waals surface area contributed by atoms with Crippen molar-refractivity contribution in [2.45, 2.75) is 20.3 Å². The van der Waals surface area contributed by atoms with Crippen molar-refractivity contribution >= 4 is 28.3 Å². The summed E-state index contributed by atoms with van der Waals surface area (Å²) in [6, 6.07) is 0. The molecule has 0 aliphatic carbocycles. The molecule has 1 saturated heterocycles. The van der Waals surface area contributed by atoms with E-state index in [1.807, 2.05) is 0 Å². The molecule has 2 heterocycles. The molecule has 0 atom stereocenters. The van der Waals surface area contributed by atoms with Crippen LogP contribution in [0.4, 0.5) is 10.8 Å². The first-order chi connectivity index (χ1) is 7.94. The number of carbonyl (C=O) groups is 1. The van der Waals surface area contributed by atoms with Gasteiger partial charge in [0.05, 0.1) is 0 Å². The molecule has 1 aliphatic rings. The molecule has 1 fully saturated rings. The minimum atomic E-state index is -0.157. The average molecular weight is 254 g/mol. The lowest BCUT2D eigenvalue weighted by atomic mass is 9.93. The van der Waals surface area contributed by atoms with Gasteiger partial charge >= 0.3 is 0 Å². The fourth-order valence-electron chi connectivity index (χ4n) is 2.13. The summed E-state index contributed by atoms with van der Waals surface area (Å²) in [5.41, 5.74) is 6.58. The Bertz CT molecular complexity index is 441. The third kappa shape index (κ3) is 2.22. The molecule has 3 N–H and O–H groups in total. The highest BCUT2D eigenvalue weighted by atomic mass is 32.1. The smallest absolute Gasteiger partial charge is 0.257 e. The quantitative estimate of drug-likeness (QED) is 0.835. The summed E-state index contributed by atoms with van der Waals surface area (Å²) in [7, 11) is 1.61. The third-order valence-corrected chi connectivity index (χ3v) is 4.04. The van der Waals surface area contributed by atoms with Gasteiger partial charge in [-0.1, -0.05) is 13.8 Å². The van der Waals surface area contributed by atoms with Crippen molar-refractivity contribution in [3.8, 4) is 0 Å². The minimum Gasteiger partial charge on any atom is -0.382 e. The van der Waals surface area contributed by atoms with Crippen LogP contribution in [0.1, 0.15) is 30.6 Å². The molecule has 0 spiro atoms. The second kappa shape index (κ2) is 4.18. The van der Waals surface area contributed by atoms with Crippen molar-refractivity contribution < 1.29 is 4.79 Å². The van der Waals surface area contributed by atoms with Gasteiger partial charge in [0.2, 0.25) is 0 Å². The highest BCUT2D eigenvalue weighted by Gasteiger charge is 2.33. The zero-order valence-electron chi connectivity index (χ0n) is 10.4. The molecule has 94 valence electrons. The molecular weight excluding hydrogens is 236 g/mol. The summed E-state index contributed by atoms with van der Waals surface area (Å²) in [6.45, 7) is 6.37. The first-order valence-electron chi connectivity index (χ1n) is 5.67. The monoisotopic (exact) mass is 254 g/mol. The van der Waals surface area contributed by atoms with Gasteiger partial charge in [-0.2, -0.15) is 4.37 Å². The van der Waals surface area contributed by atoms with E-state index >= 15 is 0 Å². The molecule has 0 saturated carbocycles. The summed E-state index contributed by atoms with van der Waals surface area (Å²) in [6.07, 6.45) is 1.12. The van der Waals surface area contributed by atoms with Crippen LogP contribution in [0.25, 0.3) is 0 Å². The second-order valence-electron chi connectivity index (χ2n) is 5.16. The van der Waals surface area contributed by atoms with Gasteiger partial charge in [-0.05, 0) is 23.4 Å². The van der Waals surface area contributed by atoms with Crippen molar-refractivity contribution in [1.82, 2.24) is 9.69 Å². The lowest BCUT2D eigenvalue weighted by Crippen LogP contribution is -2.26. The van der Waals surface area contributed by atoms with Gasteiger partial charge < -0.3 is 16.0 Å². The van der Waals surface area contributed by atoms with Gasteiger partial charge in [-0.25, -0.2) is 0 Å². The van der Waals surface area contributed by atoms with Crippen LogP contribution in [0.3, 0.4) is 0 Å². The summed E-state index contributed by atoms with van der Waals surface area (Å²) >= 11 is 1.31. The molecule has 1 aromatic heterocycles. The zero-order chi connectivity index (χ0) is 12.6. The Hall–Kier alpha value is -1.30. The normalized spacial score (nSPS) is 18.4. The van der Waals surface area contributed by atoms with E-state index in [1.165, 1.54) is 11.5 Å². The topological polar surface area (TPSA) is 71.2 Å². The van der Waals surface area contributed by atoms with Gasteiger partial charge in [0.25, 0.3) is 5.91 Å². The van der Waals surface area contributed by atoms with Crippen molar-refractivity contribution in [1.29, 1.82) is 0 Å². The van der Waals surface area contributed by atoms with Crippen LogP contribution >= 0.6 is 11.5 Å². The van der Waals surface area contributed by atoms with Crippen LogP contribution in [-0.4, -0.2) is 30.4 Å². The number of nitrogens with two attached hydrogens (primary N) is 1. The summed E-state index contributed by atoms with van der Waals surface area (Å²) in [4.78, 5) is 14.0.